The van der Waals surface area contributed by atoms with E-state index < -0.39 is 0 Å². The van der Waals surface area contributed by atoms with Gasteiger partial charge in [0.25, 0.3) is 0 Å². The molecule has 1 aromatic carbocycles. The summed E-state index contributed by atoms with van der Waals surface area (Å²) < 4.78 is 0. The molecule has 1 fully saturated rings. The third-order valence-electron chi connectivity index (χ3n) is 4.92. The number of anilines is 2. The summed E-state index contributed by atoms with van der Waals surface area (Å²) in [5.41, 5.74) is 2.09. The highest BCUT2D eigenvalue weighted by Gasteiger charge is 2.25. The zero-order chi connectivity index (χ0) is 17.2. The number of benzene rings is 1. The van der Waals surface area contributed by atoms with Crippen molar-refractivity contribution in [1.82, 2.24) is 19.9 Å². The first-order valence-electron chi connectivity index (χ1n) is 8.68. The second-order valence-electron chi connectivity index (χ2n) is 6.60. The Hall–Kier alpha value is -2.76. The highest BCUT2D eigenvalue weighted by atomic mass is 15.3. The number of hydrogen-bond donors (Lipinski definition) is 0. The van der Waals surface area contributed by atoms with Crippen LogP contribution in [-0.2, 0) is 0 Å². The van der Waals surface area contributed by atoms with Crippen molar-refractivity contribution in [2.24, 2.45) is 0 Å². The van der Waals surface area contributed by atoms with Gasteiger partial charge in [-0.1, -0.05) is 12.1 Å². The number of aryl methyl sites for hydroxylation is 1. The fourth-order valence-corrected chi connectivity index (χ4v) is 3.44. The molecule has 0 bridgehead atoms. The maximum Gasteiger partial charge on any atom is 0.225 e. The molecule has 6 nitrogen and oxygen atoms in total. The molecule has 3 heterocycles. The number of nitrogens with zero attached hydrogens (tertiary/aromatic N) is 6. The Bertz CT molecular complexity index is 850. The molecule has 128 valence electrons. The summed E-state index contributed by atoms with van der Waals surface area (Å²) in [5, 5.41) is 1.12. The van der Waals surface area contributed by atoms with Gasteiger partial charge in [-0.25, -0.2) is 19.9 Å². The third-order valence-corrected chi connectivity index (χ3v) is 4.92. The first-order chi connectivity index (χ1) is 12.2. The molecule has 0 aliphatic carbocycles. The lowest BCUT2D eigenvalue weighted by Gasteiger charge is -2.37. The smallest absolute Gasteiger partial charge is 0.225 e. The van der Waals surface area contributed by atoms with Gasteiger partial charge in [0.05, 0.1) is 5.52 Å². The molecule has 4 rings (SSSR count). The Labute approximate surface area is 147 Å². The first-order valence-corrected chi connectivity index (χ1v) is 8.68. The van der Waals surface area contributed by atoms with Crippen molar-refractivity contribution >= 4 is 22.7 Å². The van der Waals surface area contributed by atoms with Crippen LogP contribution in [0.15, 0.2) is 43.0 Å². The number of para-hydroxylation sites is 1. The van der Waals surface area contributed by atoms with E-state index in [1.807, 2.05) is 37.5 Å². The van der Waals surface area contributed by atoms with E-state index in [0.717, 1.165) is 54.2 Å². The van der Waals surface area contributed by atoms with Crippen molar-refractivity contribution in [3.8, 4) is 0 Å². The third kappa shape index (κ3) is 3.12. The van der Waals surface area contributed by atoms with E-state index in [9.17, 15) is 0 Å². The number of rotatable bonds is 3. The molecule has 0 amide bonds. The van der Waals surface area contributed by atoms with Gasteiger partial charge in [-0.3, -0.25) is 0 Å². The van der Waals surface area contributed by atoms with E-state index in [2.05, 4.69) is 42.8 Å². The molecular formula is C19H22N6. The summed E-state index contributed by atoms with van der Waals surface area (Å²) in [6, 6.07) is 8.65. The van der Waals surface area contributed by atoms with Crippen molar-refractivity contribution in [3.05, 3.63) is 48.5 Å². The Morgan fingerprint density at radius 1 is 1.00 bits per heavy atom. The van der Waals surface area contributed by atoms with Gasteiger partial charge >= 0.3 is 0 Å². The van der Waals surface area contributed by atoms with Crippen molar-refractivity contribution in [3.63, 3.8) is 0 Å². The first kappa shape index (κ1) is 15.7. The molecule has 0 spiro atoms. The van der Waals surface area contributed by atoms with Crippen molar-refractivity contribution in [1.29, 1.82) is 0 Å². The van der Waals surface area contributed by atoms with Crippen LogP contribution in [0.1, 0.15) is 18.4 Å². The van der Waals surface area contributed by atoms with Gasteiger partial charge in [-0.15, -0.1) is 0 Å². The predicted octanol–water partition coefficient (Wildman–Crippen LogP) is 2.83. The molecule has 0 saturated carbocycles. The molecule has 3 aromatic rings. The average Bonchev–Trinajstić information content (AvgIpc) is 2.68. The lowest BCUT2D eigenvalue weighted by atomic mass is 10.0. The van der Waals surface area contributed by atoms with E-state index in [1.165, 1.54) is 0 Å². The molecule has 0 N–H and O–H groups in total. The standard InChI is InChI=1S/C19H22N6/c1-14-11-20-19(21-12-14)24(2)15-7-9-25(10-8-15)18-16-5-3-4-6-17(16)22-13-23-18/h3-6,11-13,15H,7-10H2,1-2H3. The quantitative estimate of drug-likeness (QED) is 0.734. The zero-order valence-electron chi connectivity index (χ0n) is 14.6. The second kappa shape index (κ2) is 6.63. The molecule has 0 radical (unpaired) electrons. The van der Waals surface area contributed by atoms with Gasteiger partial charge in [0, 0.05) is 44.0 Å². The Balaban J connectivity index is 1.48. The molecular weight excluding hydrogens is 312 g/mol. The maximum absolute atomic E-state index is 4.54. The van der Waals surface area contributed by atoms with Crippen LogP contribution in [0.4, 0.5) is 11.8 Å². The van der Waals surface area contributed by atoms with Gasteiger partial charge in [0.1, 0.15) is 12.1 Å². The Morgan fingerprint density at radius 3 is 2.48 bits per heavy atom. The van der Waals surface area contributed by atoms with Crippen LogP contribution in [0.3, 0.4) is 0 Å². The summed E-state index contributed by atoms with van der Waals surface area (Å²) in [6.45, 7) is 3.96. The normalized spacial score (nSPS) is 15.5. The second-order valence-corrected chi connectivity index (χ2v) is 6.60. The Morgan fingerprint density at radius 2 is 1.72 bits per heavy atom. The zero-order valence-corrected chi connectivity index (χ0v) is 14.6. The van der Waals surface area contributed by atoms with E-state index in [0.29, 0.717) is 6.04 Å². The average molecular weight is 334 g/mol. The molecule has 0 unspecified atom stereocenters. The summed E-state index contributed by atoms with van der Waals surface area (Å²) in [6.07, 6.45) is 7.54. The van der Waals surface area contributed by atoms with Crippen LogP contribution in [0.5, 0.6) is 0 Å². The van der Waals surface area contributed by atoms with Gasteiger partial charge in [-0.05, 0) is 37.5 Å². The van der Waals surface area contributed by atoms with Crippen LogP contribution in [0, 0.1) is 6.92 Å². The fourth-order valence-electron chi connectivity index (χ4n) is 3.44. The van der Waals surface area contributed by atoms with Crippen molar-refractivity contribution < 1.29 is 0 Å². The fraction of sp³-hybridized carbons (Fsp3) is 0.368. The van der Waals surface area contributed by atoms with Crippen LogP contribution < -0.4 is 9.80 Å². The highest BCUT2D eigenvalue weighted by molar-refractivity contribution is 5.89. The summed E-state index contributed by atoms with van der Waals surface area (Å²) in [4.78, 5) is 22.4. The highest BCUT2D eigenvalue weighted by Crippen LogP contribution is 2.27. The summed E-state index contributed by atoms with van der Waals surface area (Å²) >= 11 is 0. The summed E-state index contributed by atoms with van der Waals surface area (Å²) in [7, 11) is 2.09. The van der Waals surface area contributed by atoms with Crippen molar-refractivity contribution in [2.75, 3.05) is 29.9 Å². The van der Waals surface area contributed by atoms with Crippen molar-refractivity contribution in [2.45, 2.75) is 25.8 Å². The topological polar surface area (TPSA) is 58.0 Å². The van der Waals surface area contributed by atoms with Gasteiger partial charge in [0.15, 0.2) is 0 Å². The predicted molar refractivity (Wildman–Crippen MR) is 99.9 cm³/mol. The van der Waals surface area contributed by atoms with Gasteiger partial charge < -0.3 is 9.80 Å². The molecule has 0 atom stereocenters. The van der Waals surface area contributed by atoms with Crippen LogP contribution in [0.2, 0.25) is 0 Å². The van der Waals surface area contributed by atoms with Crippen LogP contribution in [-0.4, -0.2) is 46.1 Å². The minimum atomic E-state index is 0.451. The van der Waals surface area contributed by atoms with E-state index in [4.69, 9.17) is 0 Å². The number of aromatic nitrogens is 4. The van der Waals surface area contributed by atoms with E-state index in [1.54, 1.807) is 6.33 Å². The van der Waals surface area contributed by atoms with Gasteiger partial charge in [0.2, 0.25) is 5.95 Å². The van der Waals surface area contributed by atoms with Crippen LogP contribution in [0.25, 0.3) is 10.9 Å². The lowest BCUT2D eigenvalue weighted by Crippen LogP contribution is -2.44. The van der Waals surface area contributed by atoms with E-state index >= 15 is 0 Å². The monoisotopic (exact) mass is 334 g/mol. The number of piperidine rings is 1. The number of hydrogen-bond acceptors (Lipinski definition) is 6. The minimum absolute atomic E-state index is 0.451. The Kier molecular flexibility index (Phi) is 4.17. The number of fused-ring (bicyclic) bond motifs is 1. The molecule has 1 saturated heterocycles. The molecule has 2 aromatic heterocycles. The lowest BCUT2D eigenvalue weighted by molar-refractivity contribution is 0.476. The molecule has 1 aliphatic rings. The SMILES string of the molecule is Cc1cnc(N(C)C2CCN(c3ncnc4ccccc34)CC2)nc1. The molecule has 6 heteroatoms. The summed E-state index contributed by atoms with van der Waals surface area (Å²) in [5.74, 6) is 1.84. The molecule has 25 heavy (non-hydrogen) atoms. The molecule has 1 aliphatic heterocycles. The van der Waals surface area contributed by atoms with Crippen LogP contribution >= 0.6 is 0 Å². The maximum atomic E-state index is 4.54. The largest absolute Gasteiger partial charge is 0.356 e. The van der Waals surface area contributed by atoms with Gasteiger partial charge in [-0.2, -0.15) is 0 Å². The minimum Gasteiger partial charge on any atom is -0.356 e. The van der Waals surface area contributed by atoms with E-state index in [-0.39, 0.29) is 0 Å².